The number of nitrogen functional groups attached to an aromatic ring is 1. The molecule has 1 aliphatic heterocycles. The predicted octanol–water partition coefficient (Wildman–Crippen LogP) is 4.41. The van der Waals surface area contributed by atoms with Crippen LogP contribution in [0.1, 0.15) is 50.8 Å². The molecule has 2 amide bonds. The Labute approximate surface area is 192 Å². The summed E-state index contributed by atoms with van der Waals surface area (Å²) in [7, 11) is 0. The van der Waals surface area contributed by atoms with Crippen LogP contribution in [0.25, 0.3) is 10.2 Å². The van der Waals surface area contributed by atoms with Gasteiger partial charge >= 0.3 is 11.8 Å². The molecule has 0 unspecified atom stereocenters. The third-order valence-electron chi connectivity index (χ3n) is 6.55. The van der Waals surface area contributed by atoms with E-state index in [4.69, 9.17) is 5.73 Å². The minimum atomic E-state index is -0.652. The van der Waals surface area contributed by atoms with Crippen molar-refractivity contribution >= 4 is 44.9 Å². The number of pyridine rings is 1. The normalized spacial score (nSPS) is 21.0. The van der Waals surface area contributed by atoms with Crippen molar-refractivity contribution in [2.24, 2.45) is 11.8 Å². The number of fused-ring (bicyclic) bond motifs is 1. The molecule has 8 heteroatoms. The summed E-state index contributed by atoms with van der Waals surface area (Å²) in [6.07, 6.45) is 4.05. The fourth-order valence-electron chi connectivity index (χ4n) is 4.61. The molecule has 168 valence electrons. The molecule has 0 saturated carbocycles. The number of anilines is 2. The standard InChI is InChI=1S/C24H29N5O2S/c1-4-15-10-20(17-6-7-21-19(9-17)27-13-32-21)29(12-14(15)3)24(31)23(30)28-18-8-16(5-2)22(25)26-11-18/h6-9,11,13-15,20H,4-5,10,12H2,1-3H3,(H2,25,26)(H,28,30)/t14-,15+,20-/m0/s1. The smallest absolute Gasteiger partial charge is 0.313 e. The lowest BCUT2D eigenvalue weighted by Crippen LogP contribution is -2.48. The Balaban J connectivity index is 1.60. The molecule has 3 aromatic rings. The number of benzene rings is 1. The molecule has 3 heterocycles. The van der Waals surface area contributed by atoms with E-state index in [1.807, 2.05) is 12.4 Å². The van der Waals surface area contributed by atoms with Crippen LogP contribution < -0.4 is 11.1 Å². The van der Waals surface area contributed by atoms with Gasteiger partial charge in [0.15, 0.2) is 0 Å². The lowest BCUT2D eigenvalue weighted by molar-refractivity contribution is -0.147. The first kappa shape index (κ1) is 22.2. The van der Waals surface area contributed by atoms with Gasteiger partial charge in [-0.2, -0.15) is 0 Å². The molecule has 3 N–H and O–H groups in total. The SMILES string of the molecule is CCc1cc(NC(=O)C(=O)N2C[C@H](C)[C@H](CC)C[C@H]2c2ccc3scnc3c2)cnc1N. The Hall–Kier alpha value is -3.00. The number of hydrogen-bond donors (Lipinski definition) is 2. The molecule has 2 aromatic heterocycles. The number of amides is 2. The minimum Gasteiger partial charge on any atom is -0.383 e. The summed E-state index contributed by atoms with van der Waals surface area (Å²) in [5, 5.41) is 2.72. The highest BCUT2D eigenvalue weighted by molar-refractivity contribution is 7.16. The maximum Gasteiger partial charge on any atom is 0.313 e. The first-order valence-corrected chi connectivity index (χ1v) is 12.0. The quantitative estimate of drug-likeness (QED) is 0.572. The largest absolute Gasteiger partial charge is 0.383 e. The van der Waals surface area contributed by atoms with Gasteiger partial charge in [-0.25, -0.2) is 9.97 Å². The van der Waals surface area contributed by atoms with E-state index in [1.165, 1.54) is 6.20 Å². The Kier molecular flexibility index (Phi) is 6.41. The number of carbonyl (C=O) groups is 2. The highest BCUT2D eigenvalue weighted by Crippen LogP contribution is 2.39. The number of aryl methyl sites for hydroxylation is 1. The van der Waals surface area contributed by atoms with Gasteiger partial charge in [0.05, 0.1) is 33.7 Å². The van der Waals surface area contributed by atoms with Crippen molar-refractivity contribution in [2.75, 3.05) is 17.6 Å². The summed E-state index contributed by atoms with van der Waals surface area (Å²) < 4.78 is 1.11. The van der Waals surface area contributed by atoms with E-state index < -0.39 is 11.8 Å². The number of likely N-dealkylation sites (tertiary alicyclic amines) is 1. The van der Waals surface area contributed by atoms with E-state index in [0.29, 0.717) is 36.3 Å². The number of nitrogens with one attached hydrogen (secondary N) is 1. The van der Waals surface area contributed by atoms with E-state index in [2.05, 4.69) is 47.3 Å². The second-order valence-electron chi connectivity index (χ2n) is 8.51. The summed E-state index contributed by atoms with van der Waals surface area (Å²) in [6, 6.07) is 7.78. The topological polar surface area (TPSA) is 101 Å². The molecule has 1 fully saturated rings. The predicted molar refractivity (Wildman–Crippen MR) is 128 cm³/mol. The number of thiazole rings is 1. The van der Waals surface area contributed by atoms with Gasteiger partial charge in [-0.15, -0.1) is 11.3 Å². The van der Waals surface area contributed by atoms with Crippen molar-refractivity contribution < 1.29 is 9.59 Å². The molecule has 1 aromatic carbocycles. The van der Waals surface area contributed by atoms with Gasteiger partial charge in [-0.3, -0.25) is 9.59 Å². The Bertz CT molecular complexity index is 1140. The zero-order valence-corrected chi connectivity index (χ0v) is 19.5. The third-order valence-corrected chi connectivity index (χ3v) is 7.36. The second kappa shape index (κ2) is 9.24. The van der Waals surface area contributed by atoms with Gasteiger partial charge in [0.2, 0.25) is 0 Å². The van der Waals surface area contributed by atoms with Gasteiger partial charge in [-0.1, -0.05) is 33.3 Å². The molecule has 32 heavy (non-hydrogen) atoms. The summed E-state index contributed by atoms with van der Waals surface area (Å²) in [5.74, 6) is 0.0717. The fourth-order valence-corrected chi connectivity index (χ4v) is 5.27. The van der Waals surface area contributed by atoms with E-state index >= 15 is 0 Å². The van der Waals surface area contributed by atoms with Crippen LogP contribution in [0.5, 0.6) is 0 Å². The fraction of sp³-hybridized carbons (Fsp3) is 0.417. The van der Waals surface area contributed by atoms with Crippen molar-refractivity contribution in [3.05, 3.63) is 47.1 Å². The maximum atomic E-state index is 13.3. The van der Waals surface area contributed by atoms with Crippen LogP contribution in [0.15, 0.2) is 36.0 Å². The Morgan fingerprint density at radius 2 is 2.06 bits per heavy atom. The summed E-state index contributed by atoms with van der Waals surface area (Å²) in [6.45, 7) is 6.85. The minimum absolute atomic E-state index is 0.156. The number of nitrogens with two attached hydrogens (primary N) is 1. The number of aromatic nitrogens is 2. The van der Waals surface area contributed by atoms with Crippen LogP contribution in [-0.4, -0.2) is 33.2 Å². The van der Waals surface area contributed by atoms with Gasteiger partial charge in [0.25, 0.3) is 0 Å². The highest BCUT2D eigenvalue weighted by Gasteiger charge is 2.38. The zero-order chi connectivity index (χ0) is 22.8. The summed E-state index contributed by atoms with van der Waals surface area (Å²) >= 11 is 1.59. The molecular weight excluding hydrogens is 422 g/mol. The van der Waals surface area contributed by atoms with E-state index in [1.54, 1.807) is 22.3 Å². The maximum absolute atomic E-state index is 13.3. The van der Waals surface area contributed by atoms with Gasteiger partial charge in [0, 0.05) is 6.54 Å². The van der Waals surface area contributed by atoms with Crippen LogP contribution in [0, 0.1) is 11.8 Å². The lowest BCUT2D eigenvalue weighted by atomic mass is 9.79. The monoisotopic (exact) mass is 451 g/mol. The van der Waals surface area contributed by atoms with Gasteiger partial charge in [0.1, 0.15) is 5.82 Å². The van der Waals surface area contributed by atoms with Crippen molar-refractivity contribution in [3.8, 4) is 0 Å². The van der Waals surface area contributed by atoms with Crippen molar-refractivity contribution in [1.29, 1.82) is 0 Å². The molecule has 0 spiro atoms. The molecule has 4 rings (SSSR count). The van der Waals surface area contributed by atoms with E-state index in [0.717, 1.165) is 34.2 Å². The number of nitrogens with zero attached hydrogens (tertiary/aromatic N) is 3. The average molecular weight is 452 g/mol. The van der Waals surface area contributed by atoms with Crippen LogP contribution in [0.3, 0.4) is 0 Å². The number of rotatable bonds is 4. The summed E-state index contributed by atoms with van der Waals surface area (Å²) in [4.78, 5) is 36.5. The van der Waals surface area contributed by atoms with Crippen molar-refractivity contribution in [2.45, 2.75) is 46.1 Å². The average Bonchev–Trinajstić information content (AvgIpc) is 3.27. The van der Waals surface area contributed by atoms with E-state index in [9.17, 15) is 9.59 Å². The molecule has 7 nitrogen and oxygen atoms in total. The van der Waals surface area contributed by atoms with Gasteiger partial charge < -0.3 is 16.0 Å². The number of carbonyl (C=O) groups excluding carboxylic acids is 2. The van der Waals surface area contributed by atoms with Crippen LogP contribution in [0.2, 0.25) is 0 Å². The molecule has 1 aliphatic rings. The first-order chi connectivity index (χ1) is 15.4. The third kappa shape index (κ3) is 4.32. The molecule has 0 aliphatic carbocycles. The molecule has 1 saturated heterocycles. The van der Waals surface area contributed by atoms with Gasteiger partial charge in [-0.05, 0) is 54.0 Å². The van der Waals surface area contributed by atoms with Crippen LogP contribution >= 0.6 is 11.3 Å². The highest BCUT2D eigenvalue weighted by atomic mass is 32.1. The number of piperidine rings is 1. The molecular formula is C24H29N5O2S. The molecule has 0 radical (unpaired) electrons. The lowest BCUT2D eigenvalue weighted by Gasteiger charge is -2.43. The molecule has 3 atom stereocenters. The number of hydrogen-bond acceptors (Lipinski definition) is 6. The summed E-state index contributed by atoms with van der Waals surface area (Å²) in [5.41, 5.74) is 11.0. The zero-order valence-electron chi connectivity index (χ0n) is 18.7. The van der Waals surface area contributed by atoms with Crippen molar-refractivity contribution in [3.63, 3.8) is 0 Å². The Morgan fingerprint density at radius 3 is 2.81 bits per heavy atom. The Morgan fingerprint density at radius 1 is 1.25 bits per heavy atom. The second-order valence-corrected chi connectivity index (χ2v) is 9.40. The first-order valence-electron chi connectivity index (χ1n) is 11.1. The molecule has 0 bridgehead atoms. The van der Waals surface area contributed by atoms with Crippen molar-refractivity contribution in [1.82, 2.24) is 14.9 Å². The van der Waals surface area contributed by atoms with Crippen LogP contribution in [-0.2, 0) is 16.0 Å². The van der Waals surface area contributed by atoms with E-state index in [-0.39, 0.29) is 6.04 Å². The van der Waals surface area contributed by atoms with Crippen LogP contribution in [0.4, 0.5) is 11.5 Å².